The van der Waals surface area contributed by atoms with Gasteiger partial charge in [-0.1, -0.05) is 0 Å². The minimum Gasteiger partial charge on any atom is -0.463 e. The molecule has 0 bridgehead atoms. The molecule has 4 heteroatoms. The van der Waals surface area contributed by atoms with E-state index >= 15 is 0 Å². The van der Waals surface area contributed by atoms with Crippen molar-refractivity contribution in [1.29, 1.82) is 0 Å². The van der Waals surface area contributed by atoms with Crippen LogP contribution in [0, 0.1) is 0 Å². The van der Waals surface area contributed by atoms with Gasteiger partial charge in [0.05, 0.1) is 18.8 Å². The lowest BCUT2D eigenvalue weighted by Crippen LogP contribution is -2.09. The van der Waals surface area contributed by atoms with Crippen molar-refractivity contribution in [1.82, 2.24) is 0 Å². The quantitative estimate of drug-likeness (QED) is 0.489. The molecule has 0 spiro atoms. The average molecular weight is 202 g/mol. The van der Waals surface area contributed by atoms with Gasteiger partial charge in [0.15, 0.2) is 0 Å². The number of ether oxygens (including phenoxy) is 1. The zero-order chi connectivity index (χ0) is 11.0. The van der Waals surface area contributed by atoms with E-state index in [0.717, 1.165) is 0 Å². The molecule has 0 aromatic heterocycles. The first-order valence-corrected chi connectivity index (χ1v) is 4.77. The van der Waals surface area contributed by atoms with Crippen LogP contribution in [0.4, 0.5) is 0 Å². The van der Waals surface area contributed by atoms with Crippen molar-refractivity contribution in [3.8, 4) is 0 Å². The van der Waals surface area contributed by atoms with E-state index < -0.39 is 18.2 Å². The van der Waals surface area contributed by atoms with E-state index in [0.29, 0.717) is 19.4 Å². The number of carbonyl (C=O) groups excluding carboxylic acids is 1. The molecule has 0 aromatic rings. The zero-order valence-electron chi connectivity index (χ0n) is 8.64. The minimum absolute atomic E-state index is 0.326. The topological polar surface area (TPSA) is 66.8 Å². The fourth-order valence-electron chi connectivity index (χ4n) is 0.888. The second-order valence-corrected chi connectivity index (χ2v) is 3.10. The average Bonchev–Trinajstić information content (AvgIpc) is 2.12. The van der Waals surface area contributed by atoms with E-state index in [4.69, 9.17) is 5.11 Å². The summed E-state index contributed by atoms with van der Waals surface area (Å²) in [5.41, 5.74) is 0. The van der Waals surface area contributed by atoms with Gasteiger partial charge in [0.25, 0.3) is 0 Å². The highest BCUT2D eigenvalue weighted by Crippen LogP contribution is 2.02. The predicted octanol–water partition coefficient (Wildman–Crippen LogP) is 0.628. The minimum atomic E-state index is -0.700. The third-order valence-corrected chi connectivity index (χ3v) is 1.62. The van der Waals surface area contributed by atoms with Gasteiger partial charge in [-0.15, -0.1) is 0 Å². The Kier molecular flexibility index (Phi) is 7.06. The van der Waals surface area contributed by atoms with Gasteiger partial charge in [-0.25, -0.2) is 4.79 Å². The number of hydrogen-bond donors (Lipinski definition) is 2. The summed E-state index contributed by atoms with van der Waals surface area (Å²) in [4.78, 5) is 10.8. The second-order valence-electron chi connectivity index (χ2n) is 3.10. The highest BCUT2D eigenvalue weighted by atomic mass is 16.5. The summed E-state index contributed by atoms with van der Waals surface area (Å²) >= 11 is 0. The standard InChI is InChI=1S/C10H18O4/c1-3-14-10(13)7-6-9(12)5-4-8(2)11/h6-9,11-12H,3-5H2,1-2H3/b7-6+/t8-,9-/m1/s1. The fourth-order valence-corrected chi connectivity index (χ4v) is 0.888. The molecule has 0 heterocycles. The summed E-state index contributed by atoms with van der Waals surface area (Å²) in [6, 6.07) is 0. The van der Waals surface area contributed by atoms with Gasteiger partial charge >= 0.3 is 5.97 Å². The van der Waals surface area contributed by atoms with E-state index in [2.05, 4.69) is 4.74 Å². The van der Waals surface area contributed by atoms with Crippen molar-refractivity contribution in [3.05, 3.63) is 12.2 Å². The number of hydrogen-bond acceptors (Lipinski definition) is 4. The lowest BCUT2D eigenvalue weighted by molar-refractivity contribution is -0.137. The Morgan fingerprint density at radius 3 is 2.57 bits per heavy atom. The highest BCUT2D eigenvalue weighted by molar-refractivity contribution is 5.81. The van der Waals surface area contributed by atoms with Crippen LogP contribution in [0.1, 0.15) is 26.7 Å². The Bertz CT molecular complexity index is 187. The van der Waals surface area contributed by atoms with Gasteiger partial charge in [0.1, 0.15) is 0 Å². The first kappa shape index (κ1) is 13.1. The van der Waals surface area contributed by atoms with Crippen LogP contribution in [0.2, 0.25) is 0 Å². The Morgan fingerprint density at radius 1 is 1.43 bits per heavy atom. The SMILES string of the molecule is CCOC(=O)/C=C/[C@H](O)CC[C@@H](C)O. The molecule has 14 heavy (non-hydrogen) atoms. The Labute approximate surface area is 84.2 Å². The van der Waals surface area contributed by atoms with Gasteiger partial charge < -0.3 is 14.9 Å². The van der Waals surface area contributed by atoms with Crippen molar-refractivity contribution < 1.29 is 19.7 Å². The number of aliphatic hydroxyl groups is 2. The Hall–Kier alpha value is -0.870. The Morgan fingerprint density at radius 2 is 2.07 bits per heavy atom. The molecule has 2 N–H and O–H groups in total. The lowest BCUT2D eigenvalue weighted by atomic mass is 10.1. The van der Waals surface area contributed by atoms with Crippen molar-refractivity contribution in [2.75, 3.05) is 6.61 Å². The maximum Gasteiger partial charge on any atom is 0.330 e. The van der Waals surface area contributed by atoms with E-state index in [-0.39, 0.29) is 0 Å². The molecule has 0 amide bonds. The summed E-state index contributed by atoms with van der Waals surface area (Å²) in [7, 11) is 0. The number of esters is 1. The maximum absolute atomic E-state index is 10.8. The monoisotopic (exact) mass is 202 g/mol. The maximum atomic E-state index is 10.8. The normalized spacial score (nSPS) is 15.4. The van der Waals surface area contributed by atoms with Gasteiger partial charge in [0, 0.05) is 6.08 Å². The molecule has 0 saturated carbocycles. The number of aliphatic hydroxyl groups excluding tert-OH is 2. The summed E-state index contributed by atoms with van der Waals surface area (Å²) in [6.07, 6.45) is 2.40. The molecule has 0 rings (SSSR count). The van der Waals surface area contributed by atoms with Crippen molar-refractivity contribution in [2.45, 2.75) is 38.9 Å². The third kappa shape index (κ3) is 7.76. The van der Waals surface area contributed by atoms with Gasteiger partial charge in [-0.2, -0.15) is 0 Å². The molecular formula is C10H18O4. The van der Waals surface area contributed by atoms with Crippen LogP contribution in [-0.4, -0.2) is 35.0 Å². The van der Waals surface area contributed by atoms with Crippen LogP contribution < -0.4 is 0 Å². The first-order chi connectivity index (χ1) is 6.56. The molecule has 0 unspecified atom stereocenters. The first-order valence-electron chi connectivity index (χ1n) is 4.77. The molecular weight excluding hydrogens is 184 g/mol. The number of carbonyl (C=O) groups is 1. The van der Waals surface area contributed by atoms with Crippen molar-refractivity contribution in [3.63, 3.8) is 0 Å². The van der Waals surface area contributed by atoms with Crippen LogP contribution in [-0.2, 0) is 9.53 Å². The molecule has 0 saturated heterocycles. The van der Waals surface area contributed by atoms with Gasteiger partial charge in [-0.05, 0) is 32.8 Å². The summed E-state index contributed by atoms with van der Waals surface area (Å²) < 4.78 is 4.63. The number of rotatable bonds is 6. The molecule has 4 nitrogen and oxygen atoms in total. The molecule has 0 aliphatic rings. The van der Waals surface area contributed by atoms with E-state index in [1.165, 1.54) is 12.2 Å². The lowest BCUT2D eigenvalue weighted by Gasteiger charge is -2.06. The molecule has 82 valence electrons. The molecule has 0 aromatic carbocycles. The Balaban J connectivity index is 3.69. The van der Waals surface area contributed by atoms with Crippen LogP contribution >= 0.6 is 0 Å². The van der Waals surface area contributed by atoms with Crippen LogP contribution in [0.15, 0.2) is 12.2 Å². The fraction of sp³-hybridized carbons (Fsp3) is 0.700. The van der Waals surface area contributed by atoms with Crippen LogP contribution in [0.25, 0.3) is 0 Å². The second kappa shape index (κ2) is 7.53. The molecule has 0 aliphatic carbocycles. The molecule has 0 aliphatic heterocycles. The zero-order valence-corrected chi connectivity index (χ0v) is 8.64. The van der Waals surface area contributed by atoms with Crippen molar-refractivity contribution >= 4 is 5.97 Å². The summed E-state index contributed by atoms with van der Waals surface area (Å²) in [5.74, 6) is -0.455. The summed E-state index contributed by atoms with van der Waals surface area (Å²) in [6.45, 7) is 3.70. The van der Waals surface area contributed by atoms with Crippen molar-refractivity contribution in [2.24, 2.45) is 0 Å². The van der Waals surface area contributed by atoms with Gasteiger partial charge in [-0.3, -0.25) is 0 Å². The molecule has 0 fully saturated rings. The van der Waals surface area contributed by atoms with E-state index in [9.17, 15) is 9.90 Å². The highest BCUT2D eigenvalue weighted by Gasteiger charge is 2.03. The predicted molar refractivity (Wildman–Crippen MR) is 52.7 cm³/mol. The smallest absolute Gasteiger partial charge is 0.330 e. The summed E-state index contributed by atoms with van der Waals surface area (Å²) in [5, 5.41) is 18.2. The van der Waals surface area contributed by atoms with E-state index in [1.54, 1.807) is 13.8 Å². The third-order valence-electron chi connectivity index (χ3n) is 1.62. The largest absolute Gasteiger partial charge is 0.463 e. The van der Waals surface area contributed by atoms with Crippen LogP contribution in [0.5, 0.6) is 0 Å². The molecule has 0 radical (unpaired) electrons. The van der Waals surface area contributed by atoms with Gasteiger partial charge in [0.2, 0.25) is 0 Å². The van der Waals surface area contributed by atoms with Crippen LogP contribution in [0.3, 0.4) is 0 Å². The molecule has 2 atom stereocenters. The van der Waals surface area contributed by atoms with E-state index in [1.807, 2.05) is 0 Å².